The third-order valence-electron chi connectivity index (χ3n) is 4.97. The lowest BCUT2D eigenvalue weighted by Gasteiger charge is -2.33. The molecule has 2 fully saturated rings. The summed E-state index contributed by atoms with van der Waals surface area (Å²) in [6.07, 6.45) is 4.81. The Balaban J connectivity index is 1.55. The van der Waals surface area contributed by atoms with Gasteiger partial charge >= 0.3 is 0 Å². The number of para-hydroxylation sites is 1. The van der Waals surface area contributed by atoms with Crippen LogP contribution in [0.25, 0.3) is 0 Å². The minimum Gasteiger partial charge on any atom is -0.492 e. The van der Waals surface area contributed by atoms with Gasteiger partial charge in [-0.1, -0.05) is 26.0 Å². The number of rotatable bonds is 7. The number of carbonyl (C=O) groups is 2. The minimum absolute atomic E-state index is 0.0551. The number of benzene rings is 1. The molecule has 1 heterocycles. The molecule has 0 aromatic heterocycles. The normalized spacial score (nSPS) is 20.1. The number of hydrogen-bond donors (Lipinski definition) is 1. The van der Waals surface area contributed by atoms with Gasteiger partial charge in [0.25, 0.3) is 5.91 Å². The van der Waals surface area contributed by atoms with Gasteiger partial charge in [-0.25, -0.2) is 0 Å². The van der Waals surface area contributed by atoms with Crippen molar-refractivity contribution in [3.63, 3.8) is 0 Å². The number of ether oxygens (including phenoxy) is 1. The first-order valence-corrected chi connectivity index (χ1v) is 9.83. The van der Waals surface area contributed by atoms with Gasteiger partial charge in [-0.05, 0) is 43.7 Å². The van der Waals surface area contributed by atoms with Crippen LogP contribution < -0.4 is 10.1 Å². The van der Waals surface area contributed by atoms with Crippen LogP contribution in [0.1, 0.15) is 56.3 Å². The van der Waals surface area contributed by atoms with Crippen LogP contribution in [0.4, 0.5) is 0 Å². The van der Waals surface area contributed by atoms with Gasteiger partial charge in [0.2, 0.25) is 5.91 Å². The van der Waals surface area contributed by atoms with Gasteiger partial charge in [0, 0.05) is 31.5 Å². The number of hydrogen-bond acceptors (Lipinski definition) is 3. The maximum absolute atomic E-state index is 12.4. The van der Waals surface area contributed by atoms with Crippen molar-refractivity contribution in [1.29, 1.82) is 0 Å². The first-order chi connectivity index (χ1) is 12.5. The smallest absolute Gasteiger partial charge is 0.255 e. The van der Waals surface area contributed by atoms with Crippen LogP contribution in [-0.2, 0) is 4.79 Å². The molecule has 0 bridgehead atoms. The Hall–Kier alpha value is -2.04. The number of likely N-dealkylation sites (tertiary alicyclic amines) is 1. The second-order valence-electron chi connectivity index (χ2n) is 8.00. The highest BCUT2D eigenvalue weighted by atomic mass is 16.5. The van der Waals surface area contributed by atoms with Gasteiger partial charge in [0.05, 0.1) is 12.2 Å². The van der Waals surface area contributed by atoms with Crippen LogP contribution in [0.15, 0.2) is 24.3 Å². The fourth-order valence-corrected chi connectivity index (χ4v) is 3.38. The summed E-state index contributed by atoms with van der Waals surface area (Å²) in [5.41, 5.74) is 0.600. The van der Waals surface area contributed by atoms with E-state index >= 15 is 0 Å². The highest BCUT2D eigenvalue weighted by Crippen LogP contribution is 2.24. The molecular formula is C21H30N2O3. The van der Waals surface area contributed by atoms with E-state index in [1.807, 2.05) is 29.2 Å². The average molecular weight is 358 g/mol. The van der Waals surface area contributed by atoms with Gasteiger partial charge in [-0.3, -0.25) is 9.59 Å². The second kappa shape index (κ2) is 8.56. The van der Waals surface area contributed by atoms with Gasteiger partial charge in [-0.15, -0.1) is 0 Å². The number of nitrogens with one attached hydrogen (secondary N) is 1. The van der Waals surface area contributed by atoms with E-state index in [-0.39, 0.29) is 11.8 Å². The Morgan fingerprint density at radius 3 is 2.73 bits per heavy atom. The molecule has 5 heteroatoms. The lowest BCUT2D eigenvalue weighted by atomic mass is 9.98. The predicted octanol–water partition coefficient (Wildman–Crippen LogP) is 3.24. The van der Waals surface area contributed by atoms with Crippen LogP contribution in [0, 0.1) is 11.8 Å². The Labute approximate surface area is 156 Å². The van der Waals surface area contributed by atoms with Gasteiger partial charge in [0.1, 0.15) is 5.75 Å². The zero-order chi connectivity index (χ0) is 18.5. The number of nitrogens with zero attached hydrogens (tertiary/aromatic N) is 1. The van der Waals surface area contributed by atoms with Gasteiger partial charge in [-0.2, -0.15) is 0 Å². The van der Waals surface area contributed by atoms with E-state index in [1.165, 1.54) is 0 Å². The quantitative estimate of drug-likeness (QED) is 0.814. The Bertz CT molecular complexity index is 640. The summed E-state index contributed by atoms with van der Waals surface area (Å²) in [5.74, 6) is 1.53. The lowest BCUT2D eigenvalue weighted by molar-refractivity contribution is -0.134. The zero-order valence-electron chi connectivity index (χ0n) is 15.9. The van der Waals surface area contributed by atoms with E-state index in [0.29, 0.717) is 42.2 Å². The first kappa shape index (κ1) is 18.7. The molecule has 1 aliphatic heterocycles. The first-order valence-electron chi connectivity index (χ1n) is 9.83. The van der Waals surface area contributed by atoms with Crippen molar-refractivity contribution in [2.24, 2.45) is 11.8 Å². The molecule has 1 saturated carbocycles. The van der Waals surface area contributed by atoms with Crippen molar-refractivity contribution in [3.8, 4) is 5.75 Å². The van der Waals surface area contributed by atoms with Crippen LogP contribution >= 0.6 is 0 Å². The van der Waals surface area contributed by atoms with Crippen molar-refractivity contribution >= 4 is 11.8 Å². The summed E-state index contributed by atoms with van der Waals surface area (Å²) >= 11 is 0. The highest BCUT2D eigenvalue weighted by molar-refractivity contribution is 5.97. The number of carbonyl (C=O) groups excluding carboxylic acids is 2. The van der Waals surface area contributed by atoms with Crippen molar-refractivity contribution in [1.82, 2.24) is 10.2 Å². The largest absolute Gasteiger partial charge is 0.492 e. The molecule has 1 saturated heterocycles. The minimum atomic E-state index is -0.0551. The Morgan fingerprint density at radius 1 is 1.23 bits per heavy atom. The monoisotopic (exact) mass is 358 g/mol. The maximum Gasteiger partial charge on any atom is 0.255 e. The van der Waals surface area contributed by atoms with E-state index in [2.05, 4.69) is 19.2 Å². The van der Waals surface area contributed by atoms with Crippen molar-refractivity contribution in [3.05, 3.63) is 29.8 Å². The molecule has 26 heavy (non-hydrogen) atoms. The van der Waals surface area contributed by atoms with Crippen LogP contribution in [0.2, 0.25) is 0 Å². The fourth-order valence-electron chi connectivity index (χ4n) is 3.38. The van der Waals surface area contributed by atoms with Crippen LogP contribution in [0.5, 0.6) is 5.75 Å². The van der Waals surface area contributed by atoms with E-state index in [4.69, 9.17) is 4.74 Å². The molecule has 0 spiro atoms. The summed E-state index contributed by atoms with van der Waals surface area (Å²) < 4.78 is 6.01. The SMILES string of the molecule is CC(C)CC(=O)N1CCCC(COc2ccccc2C(=O)NC2CC2)C1. The maximum atomic E-state index is 12.4. The Morgan fingerprint density at radius 2 is 2.00 bits per heavy atom. The van der Waals surface area contributed by atoms with Crippen molar-refractivity contribution < 1.29 is 14.3 Å². The zero-order valence-corrected chi connectivity index (χ0v) is 15.9. The number of piperidine rings is 1. The summed E-state index contributed by atoms with van der Waals surface area (Å²) in [4.78, 5) is 26.7. The molecule has 1 aromatic rings. The van der Waals surface area contributed by atoms with E-state index in [1.54, 1.807) is 0 Å². The molecular weight excluding hydrogens is 328 g/mol. The highest BCUT2D eigenvalue weighted by Gasteiger charge is 2.26. The summed E-state index contributed by atoms with van der Waals surface area (Å²) in [5, 5.41) is 3.02. The van der Waals surface area contributed by atoms with Crippen LogP contribution in [0.3, 0.4) is 0 Å². The number of amides is 2. The average Bonchev–Trinajstić information content (AvgIpc) is 3.44. The molecule has 1 unspecified atom stereocenters. The van der Waals surface area contributed by atoms with Gasteiger partial charge in [0.15, 0.2) is 0 Å². The molecule has 3 rings (SSSR count). The standard InChI is InChI=1S/C21H30N2O3/c1-15(2)12-20(24)23-11-5-6-16(13-23)14-26-19-8-4-3-7-18(19)21(25)22-17-9-10-17/h3-4,7-8,15-17H,5-6,9-14H2,1-2H3,(H,22,25). The van der Waals surface area contributed by atoms with Gasteiger partial charge < -0.3 is 15.0 Å². The molecule has 142 valence electrons. The summed E-state index contributed by atoms with van der Waals surface area (Å²) in [6.45, 7) is 6.29. The lowest BCUT2D eigenvalue weighted by Crippen LogP contribution is -2.42. The van der Waals surface area contributed by atoms with E-state index in [9.17, 15) is 9.59 Å². The fraction of sp³-hybridized carbons (Fsp3) is 0.619. The van der Waals surface area contributed by atoms with Crippen molar-refractivity contribution in [2.75, 3.05) is 19.7 Å². The molecule has 5 nitrogen and oxygen atoms in total. The topological polar surface area (TPSA) is 58.6 Å². The van der Waals surface area contributed by atoms with E-state index in [0.717, 1.165) is 38.8 Å². The van der Waals surface area contributed by atoms with E-state index < -0.39 is 0 Å². The van der Waals surface area contributed by atoms with Crippen molar-refractivity contribution in [2.45, 2.75) is 52.0 Å². The molecule has 2 amide bonds. The third kappa shape index (κ3) is 5.23. The summed E-state index contributed by atoms with van der Waals surface area (Å²) in [6, 6.07) is 7.75. The molecule has 1 N–H and O–H groups in total. The second-order valence-corrected chi connectivity index (χ2v) is 8.00. The Kier molecular flexibility index (Phi) is 6.17. The molecule has 1 aromatic carbocycles. The molecule has 2 aliphatic rings. The summed E-state index contributed by atoms with van der Waals surface area (Å²) in [7, 11) is 0. The third-order valence-corrected chi connectivity index (χ3v) is 4.97. The molecule has 1 atom stereocenters. The van der Waals surface area contributed by atoms with Crippen LogP contribution in [-0.4, -0.2) is 42.5 Å². The molecule has 0 radical (unpaired) electrons. The predicted molar refractivity (Wildman–Crippen MR) is 101 cm³/mol. The molecule has 1 aliphatic carbocycles.